The van der Waals surface area contributed by atoms with Gasteiger partial charge in [0.15, 0.2) is 0 Å². The molecule has 0 unspecified atom stereocenters. The molecule has 0 heterocycles. The van der Waals surface area contributed by atoms with Gasteiger partial charge in [0.05, 0.1) is 6.61 Å². The Morgan fingerprint density at radius 2 is 2.11 bits per heavy atom. The van der Waals surface area contributed by atoms with Crippen molar-refractivity contribution in [3.05, 3.63) is 42.2 Å². The minimum absolute atomic E-state index is 0.0345. The van der Waals surface area contributed by atoms with E-state index in [1.54, 1.807) is 12.1 Å². The minimum Gasteiger partial charge on any atom is -0.494 e. The lowest BCUT2D eigenvalue weighted by atomic mass is 10.3. The van der Waals surface area contributed by atoms with E-state index in [2.05, 4.69) is 5.32 Å². The van der Waals surface area contributed by atoms with E-state index in [1.807, 2.05) is 19.1 Å². The Labute approximate surface area is 113 Å². The third-order valence-corrected chi connectivity index (χ3v) is 2.50. The Hall–Kier alpha value is -1.84. The minimum atomic E-state index is -0.284. The lowest BCUT2D eigenvalue weighted by molar-refractivity contribution is -0.121. The molecule has 0 aromatic heterocycles. The van der Waals surface area contributed by atoms with Crippen LogP contribution in [0.4, 0.5) is 4.39 Å². The molecule has 1 rings (SSSR count). The van der Waals surface area contributed by atoms with Gasteiger partial charge in [0.1, 0.15) is 11.6 Å². The third-order valence-electron chi connectivity index (χ3n) is 2.50. The predicted molar refractivity (Wildman–Crippen MR) is 73.6 cm³/mol. The molecule has 3 nitrogen and oxygen atoms in total. The number of amides is 1. The zero-order chi connectivity index (χ0) is 13.9. The van der Waals surface area contributed by atoms with Crippen molar-refractivity contribution >= 4 is 5.91 Å². The molecule has 1 aromatic rings. The van der Waals surface area contributed by atoms with Crippen molar-refractivity contribution in [2.24, 2.45) is 0 Å². The first-order valence-electron chi connectivity index (χ1n) is 6.48. The molecule has 0 saturated carbocycles. The number of hydrogen-bond donors (Lipinski definition) is 1. The van der Waals surface area contributed by atoms with Crippen LogP contribution < -0.4 is 10.1 Å². The molecular formula is C15H20FNO2. The number of nitrogens with one attached hydrogen (secondary N) is 1. The molecule has 1 aromatic carbocycles. The fraction of sp³-hybridized carbons (Fsp3) is 0.400. The van der Waals surface area contributed by atoms with E-state index < -0.39 is 0 Å². The Morgan fingerprint density at radius 3 is 2.79 bits per heavy atom. The van der Waals surface area contributed by atoms with Crippen molar-refractivity contribution in [1.29, 1.82) is 0 Å². The first-order chi connectivity index (χ1) is 9.22. The number of allylic oxidation sites excluding steroid dienone is 1. The molecule has 0 aliphatic heterocycles. The van der Waals surface area contributed by atoms with Crippen LogP contribution in [0.5, 0.6) is 5.75 Å². The number of rotatable bonds is 8. The van der Waals surface area contributed by atoms with Crippen LogP contribution in [-0.4, -0.2) is 19.1 Å². The van der Waals surface area contributed by atoms with Crippen molar-refractivity contribution in [3.63, 3.8) is 0 Å². The lowest BCUT2D eigenvalue weighted by Gasteiger charge is -2.06. The summed E-state index contributed by atoms with van der Waals surface area (Å²) in [5.41, 5.74) is 0. The average Bonchev–Trinajstić information content (AvgIpc) is 2.42. The molecule has 0 aliphatic carbocycles. The maximum absolute atomic E-state index is 12.6. The molecule has 0 atom stereocenters. The highest BCUT2D eigenvalue weighted by Crippen LogP contribution is 2.11. The lowest BCUT2D eigenvalue weighted by Crippen LogP contribution is -2.24. The number of halogens is 1. The second-order valence-electron chi connectivity index (χ2n) is 4.11. The van der Waals surface area contributed by atoms with Crippen LogP contribution in [-0.2, 0) is 4.79 Å². The molecule has 0 radical (unpaired) electrons. The number of carbonyl (C=O) groups excluding carboxylic acids is 1. The molecule has 0 saturated heterocycles. The fourth-order valence-corrected chi connectivity index (χ4v) is 1.50. The highest BCUT2D eigenvalue weighted by atomic mass is 19.1. The number of hydrogen-bond acceptors (Lipinski definition) is 2. The molecule has 1 amide bonds. The molecule has 0 fully saturated rings. The molecule has 0 spiro atoms. The van der Waals surface area contributed by atoms with Crippen LogP contribution in [0.15, 0.2) is 36.4 Å². The Kier molecular flexibility index (Phi) is 7.32. The van der Waals surface area contributed by atoms with E-state index in [4.69, 9.17) is 4.74 Å². The number of ether oxygens (including phenoxy) is 1. The van der Waals surface area contributed by atoms with Crippen LogP contribution in [0.3, 0.4) is 0 Å². The van der Waals surface area contributed by atoms with Gasteiger partial charge < -0.3 is 10.1 Å². The average molecular weight is 265 g/mol. The maximum Gasteiger partial charge on any atom is 0.220 e. The monoisotopic (exact) mass is 265 g/mol. The summed E-state index contributed by atoms with van der Waals surface area (Å²) in [6.07, 6.45) is 5.92. The highest BCUT2D eigenvalue weighted by Gasteiger charge is 2.00. The Morgan fingerprint density at radius 1 is 1.37 bits per heavy atom. The van der Waals surface area contributed by atoms with E-state index in [0.29, 0.717) is 31.7 Å². The van der Waals surface area contributed by atoms with Crippen LogP contribution in [0.2, 0.25) is 0 Å². The molecule has 19 heavy (non-hydrogen) atoms. The van der Waals surface area contributed by atoms with Gasteiger partial charge in [0.25, 0.3) is 0 Å². The molecule has 104 valence electrons. The largest absolute Gasteiger partial charge is 0.494 e. The van der Waals surface area contributed by atoms with Gasteiger partial charge in [-0.15, -0.1) is 0 Å². The van der Waals surface area contributed by atoms with E-state index in [-0.39, 0.29) is 11.7 Å². The first kappa shape index (κ1) is 15.2. The van der Waals surface area contributed by atoms with Crippen molar-refractivity contribution in [3.8, 4) is 5.75 Å². The standard InChI is InChI=1S/C15H20FNO2/c1-2-3-4-11-17-15(18)6-5-12-19-14-9-7-13(16)8-10-14/h2-3,7-10H,4-6,11-12H2,1H3,(H,17,18)/b3-2+. The van der Waals surface area contributed by atoms with Gasteiger partial charge in [-0.25, -0.2) is 4.39 Å². The first-order valence-corrected chi connectivity index (χ1v) is 6.48. The van der Waals surface area contributed by atoms with Crippen LogP contribution in [0.1, 0.15) is 26.2 Å². The Bertz CT molecular complexity index is 401. The summed E-state index contributed by atoms with van der Waals surface area (Å²) in [6.45, 7) is 3.07. The van der Waals surface area contributed by atoms with Gasteiger partial charge >= 0.3 is 0 Å². The van der Waals surface area contributed by atoms with E-state index in [1.165, 1.54) is 12.1 Å². The molecule has 0 bridgehead atoms. The summed E-state index contributed by atoms with van der Waals surface area (Å²) in [7, 11) is 0. The number of carbonyl (C=O) groups is 1. The summed E-state index contributed by atoms with van der Waals surface area (Å²) in [5, 5.41) is 2.83. The van der Waals surface area contributed by atoms with Crippen molar-refractivity contribution in [1.82, 2.24) is 5.32 Å². The molecule has 0 aliphatic rings. The maximum atomic E-state index is 12.6. The number of benzene rings is 1. The highest BCUT2D eigenvalue weighted by molar-refractivity contribution is 5.75. The summed E-state index contributed by atoms with van der Waals surface area (Å²) < 4.78 is 18.0. The van der Waals surface area contributed by atoms with Gasteiger partial charge in [-0.05, 0) is 44.0 Å². The second-order valence-corrected chi connectivity index (χ2v) is 4.11. The Balaban J connectivity index is 2.07. The topological polar surface area (TPSA) is 38.3 Å². The molecule has 1 N–H and O–H groups in total. The summed E-state index contributed by atoms with van der Waals surface area (Å²) in [6, 6.07) is 5.85. The van der Waals surface area contributed by atoms with Crippen molar-refractivity contribution in [2.75, 3.05) is 13.2 Å². The summed E-state index contributed by atoms with van der Waals surface area (Å²) in [5.74, 6) is 0.370. The summed E-state index contributed by atoms with van der Waals surface area (Å²) in [4.78, 5) is 11.4. The van der Waals surface area contributed by atoms with Crippen LogP contribution in [0, 0.1) is 5.82 Å². The van der Waals surface area contributed by atoms with Gasteiger partial charge in [0, 0.05) is 13.0 Å². The van der Waals surface area contributed by atoms with Gasteiger partial charge in [-0.1, -0.05) is 12.2 Å². The molecular weight excluding hydrogens is 245 g/mol. The van der Waals surface area contributed by atoms with Gasteiger partial charge in [-0.3, -0.25) is 4.79 Å². The van der Waals surface area contributed by atoms with Crippen LogP contribution >= 0.6 is 0 Å². The van der Waals surface area contributed by atoms with Crippen molar-refractivity contribution in [2.45, 2.75) is 26.2 Å². The third kappa shape index (κ3) is 7.24. The molecule has 4 heteroatoms. The van der Waals surface area contributed by atoms with Crippen molar-refractivity contribution < 1.29 is 13.9 Å². The van der Waals surface area contributed by atoms with Gasteiger partial charge in [-0.2, -0.15) is 0 Å². The normalized spacial score (nSPS) is 10.6. The zero-order valence-corrected chi connectivity index (χ0v) is 11.2. The van der Waals surface area contributed by atoms with E-state index in [0.717, 1.165) is 6.42 Å². The predicted octanol–water partition coefficient (Wildman–Crippen LogP) is 3.07. The van der Waals surface area contributed by atoms with E-state index in [9.17, 15) is 9.18 Å². The fourth-order valence-electron chi connectivity index (χ4n) is 1.50. The SMILES string of the molecule is C/C=C/CCNC(=O)CCCOc1ccc(F)cc1. The van der Waals surface area contributed by atoms with E-state index >= 15 is 0 Å². The zero-order valence-electron chi connectivity index (χ0n) is 11.2. The van der Waals surface area contributed by atoms with Crippen LogP contribution in [0.25, 0.3) is 0 Å². The second kappa shape index (κ2) is 9.14. The summed E-state index contributed by atoms with van der Waals surface area (Å²) >= 11 is 0. The van der Waals surface area contributed by atoms with Gasteiger partial charge in [0.2, 0.25) is 5.91 Å². The smallest absolute Gasteiger partial charge is 0.220 e. The quantitative estimate of drug-likeness (QED) is 0.579.